The number of nitrogens with zero attached hydrogens (tertiary/aromatic N) is 4. The second-order valence-corrected chi connectivity index (χ2v) is 4.84. The van der Waals surface area contributed by atoms with Crippen molar-refractivity contribution >= 4 is 5.91 Å². The Bertz CT molecular complexity index is 515. The molecule has 1 aromatic heterocycles. The van der Waals surface area contributed by atoms with Crippen LogP contribution in [0.3, 0.4) is 0 Å². The van der Waals surface area contributed by atoms with Gasteiger partial charge >= 0.3 is 6.18 Å². The summed E-state index contributed by atoms with van der Waals surface area (Å²) in [6, 6.07) is -0.536. The third-order valence-corrected chi connectivity index (χ3v) is 3.32. The van der Waals surface area contributed by atoms with Crippen molar-refractivity contribution < 1.29 is 18.0 Å². The molecule has 0 aliphatic carbocycles. The van der Waals surface area contributed by atoms with Crippen molar-refractivity contribution in [2.24, 2.45) is 5.73 Å². The number of hydrogen-bond acceptors (Lipinski definition) is 5. The zero-order valence-corrected chi connectivity index (χ0v) is 11.5. The number of fused-ring (bicyclic) bond motifs is 1. The zero-order chi connectivity index (χ0) is 15.6. The Kier molecular flexibility index (Phi) is 4.47. The molecular formula is C11H17F3N6O. The van der Waals surface area contributed by atoms with Gasteiger partial charge in [0.1, 0.15) is 5.82 Å². The van der Waals surface area contributed by atoms with Crippen LogP contribution in [0.5, 0.6) is 0 Å². The molecule has 0 radical (unpaired) electrons. The maximum absolute atomic E-state index is 12.7. The van der Waals surface area contributed by atoms with E-state index < -0.39 is 23.9 Å². The van der Waals surface area contributed by atoms with Crippen molar-refractivity contribution in [2.75, 3.05) is 19.6 Å². The van der Waals surface area contributed by atoms with E-state index in [0.29, 0.717) is 19.6 Å². The highest BCUT2D eigenvalue weighted by Gasteiger charge is 2.39. The predicted octanol–water partition coefficient (Wildman–Crippen LogP) is -0.424. The van der Waals surface area contributed by atoms with E-state index in [2.05, 4.69) is 15.5 Å². The molecule has 0 saturated carbocycles. The first-order chi connectivity index (χ1) is 9.82. The molecule has 1 amide bonds. The lowest BCUT2D eigenvalue weighted by Gasteiger charge is -2.30. The minimum atomic E-state index is -4.51. The van der Waals surface area contributed by atoms with Crippen LogP contribution in [0.25, 0.3) is 0 Å². The number of alkyl halides is 3. The fourth-order valence-corrected chi connectivity index (χ4v) is 2.33. The number of amides is 1. The predicted molar refractivity (Wildman–Crippen MR) is 67.0 cm³/mol. The number of halogens is 3. The van der Waals surface area contributed by atoms with Crippen LogP contribution < -0.4 is 11.1 Å². The molecule has 10 heteroatoms. The van der Waals surface area contributed by atoms with Gasteiger partial charge < -0.3 is 15.6 Å². The molecular weight excluding hydrogens is 289 g/mol. The SMILES string of the molecule is CCNC(CN1CCn2c(nnc2C(F)(F)F)C1)C(N)=O. The Hall–Kier alpha value is -1.68. The second-order valence-electron chi connectivity index (χ2n) is 4.84. The maximum atomic E-state index is 12.7. The Labute approximate surface area is 119 Å². The number of nitrogens with one attached hydrogen (secondary N) is 1. The number of nitrogens with two attached hydrogens (primary N) is 1. The Morgan fingerprint density at radius 2 is 2.14 bits per heavy atom. The number of carbonyl (C=O) groups is 1. The van der Waals surface area contributed by atoms with Gasteiger partial charge in [0.05, 0.1) is 12.6 Å². The minimum absolute atomic E-state index is 0.134. The van der Waals surface area contributed by atoms with Gasteiger partial charge in [0.25, 0.3) is 0 Å². The number of carbonyl (C=O) groups excluding carboxylic acids is 1. The molecule has 0 saturated heterocycles. The Morgan fingerprint density at radius 3 is 2.71 bits per heavy atom. The maximum Gasteiger partial charge on any atom is 0.451 e. The lowest BCUT2D eigenvalue weighted by Crippen LogP contribution is -2.50. The molecule has 1 aliphatic heterocycles. The molecule has 118 valence electrons. The van der Waals surface area contributed by atoms with Crippen LogP contribution in [0, 0.1) is 0 Å². The summed E-state index contributed by atoms with van der Waals surface area (Å²) >= 11 is 0. The second kappa shape index (κ2) is 5.98. The highest BCUT2D eigenvalue weighted by Crippen LogP contribution is 2.29. The molecule has 7 nitrogen and oxygen atoms in total. The van der Waals surface area contributed by atoms with Gasteiger partial charge in [-0.15, -0.1) is 10.2 Å². The van der Waals surface area contributed by atoms with E-state index in [1.54, 1.807) is 0 Å². The number of aromatic nitrogens is 3. The summed E-state index contributed by atoms with van der Waals surface area (Å²) in [5.41, 5.74) is 5.29. The zero-order valence-electron chi connectivity index (χ0n) is 11.5. The lowest BCUT2D eigenvalue weighted by molar-refractivity contribution is -0.148. The van der Waals surface area contributed by atoms with Gasteiger partial charge in [0, 0.05) is 19.6 Å². The Balaban J connectivity index is 2.06. The van der Waals surface area contributed by atoms with Gasteiger partial charge in [-0.25, -0.2) is 0 Å². The standard InChI is InChI=1S/C11H17F3N6O/c1-2-16-7(9(15)21)5-19-3-4-20-8(6-19)17-18-10(20)11(12,13)14/h7,16H,2-6H2,1H3,(H2,15,21). The van der Waals surface area contributed by atoms with Crippen LogP contribution in [0.15, 0.2) is 0 Å². The molecule has 3 N–H and O–H groups in total. The summed E-state index contributed by atoms with van der Waals surface area (Å²) in [6.45, 7) is 3.47. The molecule has 0 aromatic carbocycles. The van der Waals surface area contributed by atoms with Gasteiger partial charge in [0.2, 0.25) is 11.7 Å². The van der Waals surface area contributed by atoms with Crippen LogP contribution in [0.4, 0.5) is 13.2 Å². The third-order valence-electron chi connectivity index (χ3n) is 3.32. The fourth-order valence-electron chi connectivity index (χ4n) is 2.33. The summed E-state index contributed by atoms with van der Waals surface area (Å²) in [7, 11) is 0. The van der Waals surface area contributed by atoms with Gasteiger partial charge in [-0.1, -0.05) is 6.92 Å². The quantitative estimate of drug-likeness (QED) is 0.771. The summed E-state index contributed by atoms with van der Waals surface area (Å²) < 4.78 is 39.2. The van der Waals surface area contributed by atoms with Crippen molar-refractivity contribution in [1.82, 2.24) is 25.0 Å². The topological polar surface area (TPSA) is 89.1 Å². The van der Waals surface area contributed by atoms with Crippen molar-refractivity contribution in [3.05, 3.63) is 11.6 Å². The molecule has 0 bridgehead atoms. The van der Waals surface area contributed by atoms with E-state index >= 15 is 0 Å². The summed E-state index contributed by atoms with van der Waals surface area (Å²) in [6.07, 6.45) is -4.51. The van der Waals surface area contributed by atoms with E-state index in [1.165, 1.54) is 0 Å². The molecule has 2 rings (SSSR count). The first-order valence-corrected chi connectivity index (χ1v) is 6.57. The van der Waals surface area contributed by atoms with Crippen molar-refractivity contribution in [2.45, 2.75) is 32.2 Å². The average molecular weight is 306 g/mol. The fraction of sp³-hybridized carbons (Fsp3) is 0.727. The van der Waals surface area contributed by atoms with Crippen LogP contribution in [-0.2, 0) is 24.1 Å². The molecule has 0 spiro atoms. The Morgan fingerprint density at radius 1 is 1.43 bits per heavy atom. The number of rotatable bonds is 5. The highest BCUT2D eigenvalue weighted by molar-refractivity contribution is 5.80. The van der Waals surface area contributed by atoms with E-state index in [9.17, 15) is 18.0 Å². The van der Waals surface area contributed by atoms with Gasteiger partial charge in [-0.2, -0.15) is 13.2 Å². The molecule has 1 unspecified atom stereocenters. The largest absolute Gasteiger partial charge is 0.451 e. The van der Waals surface area contributed by atoms with Crippen LogP contribution >= 0.6 is 0 Å². The highest BCUT2D eigenvalue weighted by atomic mass is 19.4. The summed E-state index contributed by atoms with van der Waals surface area (Å²) in [5, 5.41) is 9.74. The summed E-state index contributed by atoms with van der Waals surface area (Å²) in [4.78, 5) is 13.1. The van der Waals surface area contributed by atoms with E-state index in [1.807, 2.05) is 11.8 Å². The number of primary amides is 1. The normalized spacial score (nSPS) is 17.5. The van der Waals surface area contributed by atoms with Gasteiger partial charge in [-0.05, 0) is 6.54 Å². The molecule has 21 heavy (non-hydrogen) atoms. The van der Waals surface area contributed by atoms with Crippen molar-refractivity contribution in [3.8, 4) is 0 Å². The van der Waals surface area contributed by atoms with Crippen molar-refractivity contribution in [1.29, 1.82) is 0 Å². The molecule has 1 aromatic rings. The monoisotopic (exact) mass is 306 g/mol. The third kappa shape index (κ3) is 3.50. The van der Waals surface area contributed by atoms with Crippen LogP contribution in [-0.4, -0.2) is 51.2 Å². The molecule has 1 atom stereocenters. The van der Waals surface area contributed by atoms with Crippen LogP contribution in [0.1, 0.15) is 18.6 Å². The minimum Gasteiger partial charge on any atom is -0.368 e. The van der Waals surface area contributed by atoms with E-state index in [-0.39, 0.29) is 18.9 Å². The van der Waals surface area contributed by atoms with Crippen molar-refractivity contribution in [3.63, 3.8) is 0 Å². The number of likely N-dealkylation sites (N-methyl/N-ethyl adjacent to an activating group) is 1. The lowest BCUT2D eigenvalue weighted by atomic mass is 10.2. The summed E-state index contributed by atoms with van der Waals surface area (Å²) in [5.74, 6) is -1.22. The smallest absolute Gasteiger partial charge is 0.368 e. The first kappa shape index (κ1) is 15.7. The van der Waals surface area contributed by atoms with E-state index in [0.717, 1.165) is 4.57 Å². The van der Waals surface area contributed by atoms with Crippen LogP contribution in [0.2, 0.25) is 0 Å². The molecule has 0 fully saturated rings. The molecule has 1 aliphatic rings. The van der Waals surface area contributed by atoms with Gasteiger partial charge in [0.15, 0.2) is 0 Å². The average Bonchev–Trinajstić information content (AvgIpc) is 2.81. The molecule has 2 heterocycles. The first-order valence-electron chi connectivity index (χ1n) is 6.57. The number of hydrogen-bond donors (Lipinski definition) is 2. The van der Waals surface area contributed by atoms with Gasteiger partial charge in [-0.3, -0.25) is 9.69 Å². The van der Waals surface area contributed by atoms with E-state index in [4.69, 9.17) is 5.73 Å².